The van der Waals surface area contributed by atoms with Crippen molar-refractivity contribution in [2.45, 2.75) is 19.3 Å². The highest BCUT2D eigenvalue weighted by molar-refractivity contribution is 6.08. The number of aryl methyl sites for hydroxylation is 1. The van der Waals surface area contributed by atoms with E-state index in [0.29, 0.717) is 29.4 Å². The normalized spacial score (nSPS) is 15.9. The average molecular weight is 454 g/mol. The standard InChI is InChI=1S/C27H27N5O2/c1-31-16-13-25(30-31)26(33)29-24-11-3-2-9-22(24)27(34)32-15-6-7-19(18-32)17-20-8-4-12-23-21(20)10-5-14-28-23/h2-5,8-14,16,19H,6-7,15,17-18H2,1H3,(H,29,33)/t19-/m0/s1. The van der Waals surface area contributed by atoms with Crippen molar-refractivity contribution in [1.82, 2.24) is 19.7 Å². The molecule has 5 rings (SSSR count). The molecule has 0 spiro atoms. The van der Waals surface area contributed by atoms with Gasteiger partial charge in [-0.15, -0.1) is 0 Å². The predicted molar refractivity (Wildman–Crippen MR) is 132 cm³/mol. The summed E-state index contributed by atoms with van der Waals surface area (Å²) in [5.41, 5.74) is 3.59. The lowest BCUT2D eigenvalue weighted by Gasteiger charge is -2.33. The molecule has 0 saturated carbocycles. The molecule has 0 bridgehead atoms. The maximum Gasteiger partial charge on any atom is 0.276 e. The highest BCUT2D eigenvalue weighted by Crippen LogP contribution is 2.27. The lowest BCUT2D eigenvalue weighted by Crippen LogP contribution is -2.40. The van der Waals surface area contributed by atoms with Gasteiger partial charge >= 0.3 is 0 Å². The minimum Gasteiger partial charge on any atom is -0.338 e. The number of hydrogen-bond acceptors (Lipinski definition) is 4. The highest BCUT2D eigenvalue weighted by atomic mass is 16.2. The molecule has 4 aromatic rings. The second kappa shape index (κ2) is 9.47. The third-order valence-corrected chi connectivity index (χ3v) is 6.40. The summed E-state index contributed by atoms with van der Waals surface area (Å²) in [6.07, 6.45) is 6.48. The number of piperidine rings is 1. The Hall–Kier alpha value is -4.00. The lowest BCUT2D eigenvalue weighted by atomic mass is 9.89. The molecule has 1 saturated heterocycles. The van der Waals surface area contributed by atoms with Crippen LogP contribution in [-0.2, 0) is 13.5 Å². The van der Waals surface area contributed by atoms with Crippen molar-refractivity contribution in [2.75, 3.05) is 18.4 Å². The summed E-state index contributed by atoms with van der Waals surface area (Å²) in [5, 5.41) is 8.19. The highest BCUT2D eigenvalue weighted by Gasteiger charge is 2.27. The van der Waals surface area contributed by atoms with Gasteiger partial charge in [0.15, 0.2) is 5.69 Å². The Morgan fingerprint density at radius 2 is 1.94 bits per heavy atom. The molecule has 172 valence electrons. The molecule has 3 heterocycles. The number of carbonyl (C=O) groups is 2. The summed E-state index contributed by atoms with van der Waals surface area (Å²) in [5.74, 6) is -0.0121. The van der Waals surface area contributed by atoms with E-state index in [1.54, 1.807) is 36.1 Å². The van der Waals surface area contributed by atoms with Crippen LogP contribution in [0.15, 0.2) is 73.1 Å². The molecule has 2 aromatic heterocycles. The zero-order valence-corrected chi connectivity index (χ0v) is 19.1. The van der Waals surface area contributed by atoms with Gasteiger partial charge in [-0.2, -0.15) is 5.10 Å². The fourth-order valence-electron chi connectivity index (χ4n) is 4.74. The van der Waals surface area contributed by atoms with Crippen molar-refractivity contribution in [2.24, 2.45) is 13.0 Å². The topological polar surface area (TPSA) is 80.1 Å². The minimum absolute atomic E-state index is 0.0544. The molecule has 7 nitrogen and oxygen atoms in total. The number of amides is 2. The zero-order valence-electron chi connectivity index (χ0n) is 19.1. The SMILES string of the molecule is Cn1ccc(C(=O)Nc2ccccc2C(=O)N2CCC[C@@H](Cc3cccc4ncccc34)C2)n1. The van der Waals surface area contributed by atoms with Crippen molar-refractivity contribution in [3.63, 3.8) is 0 Å². The van der Waals surface area contributed by atoms with E-state index in [1.165, 1.54) is 10.9 Å². The Morgan fingerprint density at radius 1 is 1.06 bits per heavy atom. The maximum atomic E-state index is 13.5. The van der Waals surface area contributed by atoms with Crippen LogP contribution in [0.1, 0.15) is 39.3 Å². The van der Waals surface area contributed by atoms with Crippen LogP contribution in [0.2, 0.25) is 0 Å². The van der Waals surface area contributed by atoms with Crippen molar-refractivity contribution in [3.8, 4) is 0 Å². The van der Waals surface area contributed by atoms with Crippen LogP contribution in [0.4, 0.5) is 5.69 Å². The van der Waals surface area contributed by atoms with Gasteiger partial charge in [0, 0.05) is 37.9 Å². The van der Waals surface area contributed by atoms with Crippen LogP contribution in [0.25, 0.3) is 10.9 Å². The molecule has 34 heavy (non-hydrogen) atoms. The number of hydrogen-bond donors (Lipinski definition) is 1. The van der Waals surface area contributed by atoms with E-state index in [4.69, 9.17) is 0 Å². The number of rotatable bonds is 5. The molecule has 1 N–H and O–H groups in total. The predicted octanol–water partition coefficient (Wildman–Crippen LogP) is 4.32. The van der Waals surface area contributed by atoms with E-state index in [-0.39, 0.29) is 11.8 Å². The minimum atomic E-state index is -0.332. The van der Waals surface area contributed by atoms with Crippen LogP contribution in [0, 0.1) is 5.92 Å². The first kappa shape index (κ1) is 21.8. The first-order valence-corrected chi connectivity index (χ1v) is 11.6. The Morgan fingerprint density at radius 3 is 2.79 bits per heavy atom. The Labute approximate surface area is 198 Å². The van der Waals surface area contributed by atoms with Crippen molar-refractivity contribution in [3.05, 3.63) is 89.9 Å². The summed E-state index contributed by atoms with van der Waals surface area (Å²) in [4.78, 5) is 32.5. The zero-order chi connectivity index (χ0) is 23.5. The quantitative estimate of drug-likeness (QED) is 0.488. The summed E-state index contributed by atoms with van der Waals surface area (Å²) in [6, 6.07) is 19.2. The molecule has 0 radical (unpaired) electrons. The molecule has 2 amide bonds. The number of nitrogens with zero attached hydrogens (tertiary/aromatic N) is 4. The van der Waals surface area contributed by atoms with E-state index in [9.17, 15) is 9.59 Å². The summed E-state index contributed by atoms with van der Waals surface area (Å²) >= 11 is 0. The second-order valence-electron chi connectivity index (χ2n) is 8.83. The Bertz CT molecular complexity index is 1340. The van der Waals surface area contributed by atoms with Crippen LogP contribution in [-0.4, -0.2) is 44.6 Å². The number of nitrogens with one attached hydrogen (secondary N) is 1. The Balaban J connectivity index is 1.31. The number of carbonyl (C=O) groups excluding carboxylic acids is 2. The van der Waals surface area contributed by atoms with Gasteiger partial charge < -0.3 is 10.2 Å². The van der Waals surface area contributed by atoms with Gasteiger partial charge in [0.05, 0.1) is 16.8 Å². The molecule has 7 heteroatoms. The third kappa shape index (κ3) is 4.55. The number of anilines is 1. The first-order valence-electron chi connectivity index (χ1n) is 11.6. The van der Waals surface area contributed by atoms with Crippen molar-refractivity contribution in [1.29, 1.82) is 0 Å². The van der Waals surface area contributed by atoms with Crippen LogP contribution in [0.5, 0.6) is 0 Å². The molecule has 1 aliphatic heterocycles. The van der Waals surface area contributed by atoms with Gasteiger partial charge in [0.1, 0.15) is 0 Å². The molecular formula is C27H27N5O2. The van der Waals surface area contributed by atoms with E-state index >= 15 is 0 Å². The van der Waals surface area contributed by atoms with Gasteiger partial charge in [-0.25, -0.2) is 0 Å². The van der Waals surface area contributed by atoms with Gasteiger partial charge in [-0.3, -0.25) is 19.3 Å². The molecule has 1 atom stereocenters. The van der Waals surface area contributed by atoms with Gasteiger partial charge in [0.25, 0.3) is 11.8 Å². The van der Waals surface area contributed by atoms with Crippen molar-refractivity contribution >= 4 is 28.4 Å². The molecule has 0 unspecified atom stereocenters. The van der Waals surface area contributed by atoms with Gasteiger partial charge in [-0.1, -0.05) is 30.3 Å². The molecule has 1 aliphatic rings. The second-order valence-corrected chi connectivity index (χ2v) is 8.83. The van der Waals surface area contributed by atoms with E-state index in [2.05, 4.69) is 33.6 Å². The largest absolute Gasteiger partial charge is 0.338 e. The number of pyridine rings is 1. The fourth-order valence-corrected chi connectivity index (χ4v) is 4.74. The van der Waals surface area contributed by atoms with Gasteiger partial charge in [0.2, 0.25) is 0 Å². The van der Waals surface area contributed by atoms with Crippen LogP contribution < -0.4 is 5.32 Å². The number of benzene rings is 2. The third-order valence-electron chi connectivity index (χ3n) is 6.40. The fraction of sp³-hybridized carbons (Fsp3) is 0.259. The smallest absolute Gasteiger partial charge is 0.276 e. The molecular weight excluding hydrogens is 426 g/mol. The number of aromatic nitrogens is 3. The van der Waals surface area contributed by atoms with Gasteiger partial charge in [-0.05, 0) is 61.1 Å². The lowest BCUT2D eigenvalue weighted by molar-refractivity contribution is 0.0674. The summed E-state index contributed by atoms with van der Waals surface area (Å²) < 4.78 is 1.58. The van der Waals surface area contributed by atoms with Crippen molar-refractivity contribution < 1.29 is 9.59 Å². The summed E-state index contributed by atoms with van der Waals surface area (Å²) in [6.45, 7) is 1.41. The molecule has 1 fully saturated rings. The molecule has 0 aliphatic carbocycles. The number of likely N-dealkylation sites (tertiary alicyclic amines) is 1. The Kier molecular flexibility index (Phi) is 6.08. The maximum absolute atomic E-state index is 13.5. The average Bonchev–Trinajstić information content (AvgIpc) is 3.31. The van der Waals surface area contributed by atoms with Crippen LogP contribution >= 0.6 is 0 Å². The van der Waals surface area contributed by atoms with E-state index in [0.717, 1.165) is 31.3 Å². The summed E-state index contributed by atoms with van der Waals surface area (Å²) in [7, 11) is 1.76. The number of fused-ring (bicyclic) bond motifs is 1. The van der Waals surface area contributed by atoms with E-state index in [1.807, 2.05) is 35.4 Å². The first-order chi connectivity index (χ1) is 16.6. The van der Waals surface area contributed by atoms with Crippen LogP contribution in [0.3, 0.4) is 0 Å². The monoisotopic (exact) mass is 453 g/mol. The number of para-hydroxylation sites is 1. The molecule has 2 aromatic carbocycles. The van der Waals surface area contributed by atoms with E-state index < -0.39 is 0 Å².